The fourth-order valence-corrected chi connectivity index (χ4v) is 1.81. The molecule has 1 aromatic carbocycles. The number of nitriles is 1. The number of Topliss-reactive ketones (excluding diaryl/α,β-unsaturated/α-hetero) is 1. The van der Waals surface area contributed by atoms with Crippen molar-refractivity contribution in [2.45, 2.75) is 26.7 Å². The van der Waals surface area contributed by atoms with Gasteiger partial charge in [0, 0.05) is 5.41 Å². The Morgan fingerprint density at radius 3 is 2.61 bits per heavy atom. The summed E-state index contributed by atoms with van der Waals surface area (Å²) in [4.78, 5) is 12.2. The molecule has 1 aliphatic rings. The Labute approximate surface area is 106 Å². The summed E-state index contributed by atoms with van der Waals surface area (Å²) in [6.45, 7) is 5.62. The summed E-state index contributed by atoms with van der Waals surface area (Å²) in [7, 11) is 0. The smallest absolute Gasteiger partial charge is 0.231 e. The fourth-order valence-electron chi connectivity index (χ4n) is 1.81. The van der Waals surface area contributed by atoms with E-state index in [0.717, 1.165) is 0 Å². The first-order valence-electron chi connectivity index (χ1n) is 5.77. The lowest BCUT2D eigenvalue weighted by atomic mass is 9.80. The summed E-state index contributed by atoms with van der Waals surface area (Å²) in [5.74, 6) is 0.386. The van der Waals surface area contributed by atoms with Crippen LogP contribution in [-0.4, -0.2) is 12.6 Å². The summed E-state index contributed by atoms with van der Waals surface area (Å²) < 4.78 is 10.5. The van der Waals surface area contributed by atoms with E-state index in [0.29, 0.717) is 17.1 Å². The summed E-state index contributed by atoms with van der Waals surface area (Å²) in [5, 5.41) is 9.22. The van der Waals surface area contributed by atoms with Crippen molar-refractivity contribution in [2.75, 3.05) is 6.79 Å². The number of ether oxygens (including phenoxy) is 2. The molecular formula is C14H15NO3. The topological polar surface area (TPSA) is 59.3 Å². The maximum atomic E-state index is 12.2. The number of benzene rings is 1. The second-order valence-corrected chi connectivity index (χ2v) is 5.29. The lowest BCUT2D eigenvalue weighted by molar-refractivity contribution is -0.126. The van der Waals surface area contributed by atoms with Crippen molar-refractivity contribution in [3.8, 4) is 17.6 Å². The van der Waals surface area contributed by atoms with Crippen LogP contribution in [0.15, 0.2) is 18.2 Å². The van der Waals surface area contributed by atoms with Gasteiger partial charge in [0.05, 0.1) is 6.07 Å². The van der Waals surface area contributed by atoms with Gasteiger partial charge in [0.2, 0.25) is 6.79 Å². The van der Waals surface area contributed by atoms with Gasteiger partial charge in [-0.05, 0) is 17.7 Å². The number of carbonyl (C=O) groups is 1. The molecule has 0 saturated carbocycles. The molecule has 1 unspecified atom stereocenters. The van der Waals surface area contributed by atoms with Gasteiger partial charge in [-0.2, -0.15) is 5.26 Å². The zero-order valence-electron chi connectivity index (χ0n) is 10.7. The first kappa shape index (κ1) is 12.4. The zero-order valence-corrected chi connectivity index (χ0v) is 10.7. The predicted octanol–water partition coefficient (Wildman–Crippen LogP) is 2.64. The van der Waals surface area contributed by atoms with Crippen LogP contribution in [0.1, 0.15) is 32.3 Å². The molecule has 1 atom stereocenters. The van der Waals surface area contributed by atoms with E-state index in [1.54, 1.807) is 18.2 Å². The lowest BCUT2D eigenvalue weighted by Crippen LogP contribution is -2.26. The molecule has 1 aliphatic heterocycles. The van der Waals surface area contributed by atoms with Crippen LogP contribution in [0.4, 0.5) is 0 Å². The van der Waals surface area contributed by atoms with E-state index in [2.05, 4.69) is 6.07 Å². The third-order valence-electron chi connectivity index (χ3n) is 2.86. The van der Waals surface area contributed by atoms with Crippen LogP contribution in [0.3, 0.4) is 0 Å². The number of rotatable bonds is 2. The minimum Gasteiger partial charge on any atom is -0.454 e. The van der Waals surface area contributed by atoms with Crippen molar-refractivity contribution in [1.82, 2.24) is 0 Å². The highest BCUT2D eigenvalue weighted by molar-refractivity contribution is 5.92. The van der Waals surface area contributed by atoms with Gasteiger partial charge in [-0.1, -0.05) is 26.8 Å². The molecule has 4 heteroatoms. The van der Waals surface area contributed by atoms with Gasteiger partial charge >= 0.3 is 0 Å². The van der Waals surface area contributed by atoms with Crippen LogP contribution in [-0.2, 0) is 4.79 Å². The highest BCUT2D eigenvalue weighted by Gasteiger charge is 2.31. The maximum Gasteiger partial charge on any atom is 0.231 e. The Balaban J connectivity index is 2.35. The molecule has 4 nitrogen and oxygen atoms in total. The molecule has 94 valence electrons. The van der Waals surface area contributed by atoms with Gasteiger partial charge in [0.15, 0.2) is 17.3 Å². The summed E-state index contributed by atoms with van der Waals surface area (Å²) in [5.41, 5.74) is 0.109. The molecule has 0 aromatic heterocycles. The second-order valence-electron chi connectivity index (χ2n) is 5.29. The van der Waals surface area contributed by atoms with E-state index >= 15 is 0 Å². The Hall–Kier alpha value is -2.02. The average molecular weight is 245 g/mol. The van der Waals surface area contributed by atoms with E-state index in [9.17, 15) is 10.1 Å². The fraction of sp³-hybridized carbons (Fsp3) is 0.429. The van der Waals surface area contributed by atoms with Crippen LogP contribution in [0.5, 0.6) is 11.5 Å². The highest BCUT2D eigenvalue weighted by Crippen LogP contribution is 2.36. The summed E-state index contributed by atoms with van der Waals surface area (Å²) in [6, 6.07) is 7.25. The van der Waals surface area contributed by atoms with E-state index in [1.165, 1.54) is 0 Å². The predicted molar refractivity (Wildman–Crippen MR) is 65.4 cm³/mol. The van der Waals surface area contributed by atoms with Gasteiger partial charge in [-0.25, -0.2) is 0 Å². The van der Waals surface area contributed by atoms with Crippen molar-refractivity contribution >= 4 is 5.78 Å². The molecule has 0 spiro atoms. The number of fused-ring (bicyclic) bond motifs is 1. The van der Waals surface area contributed by atoms with Crippen LogP contribution >= 0.6 is 0 Å². The van der Waals surface area contributed by atoms with Crippen molar-refractivity contribution in [3.63, 3.8) is 0 Å². The van der Waals surface area contributed by atoms with Crippen LogP contribution < -0.4 is 9.47 Å². The monoisotopic (exact) mass is 245 g/mol. The molecule has 0 aliphatic carbocycles. The van der Waals surface area contributed by atoms with Gasteiger partial charge in [-0.3, -0.25) is 4.79 Å². The van der Waals surface area contributed by atoms with E-state index in [4.69, 9.17) is 9.47 Å². The summed E-state index contributed by atoms with van der Waals surface area (Å²) >= 11 is 0. The molecule has 0 fully saturated rings. The number of nitrogens with zero attached hydrogens (tertiary/aromatic N) is 1. The first-order valence-corrected chi connectivity index (χ1v) is 5.77. The van der Waals surface area contributed by atoms with E-state index in [1.807, 2.05) is 20.8 Å². The highest BCUT2D eigenvalue weighted by atomic mass is 16.7. The van der Waals surface area contributed by atoms with Gasteiger partial charge < -0.3 is 9.47 Å². The van der Waals surface area contributed by atoms with Crippen molar-refractivity contribution < 1.29 is 14.3 Å². The Kier molecular flexibility index (Phi) is 3.00. The number of ketones is 1. The maximum absolute atomic E-state index is 12.2. The Morgan fingerprint density at radius 2 is 2.00 bits per heavy atom. The van der Waals surface area contributed by atoms with Crippen LogP contribution in [0, 0.1) is 16.7 Å². The SMILES string of the molecule is CC(C)(C)C(=O)C(C#N)c1ccc2c(c1)OCO2. The molecule has 1 heterocycles. The third-order valence-corrected chi connectivity index (χ3v) is 2.86. The first-order chi connectivity index (χ1) is 8.43. The number of hydrogen-bond acceptors (Lipinski definition) is 4. The van der Waals surface area contributed by atoms with Crippen molar-refractivity contribution in [2.24, 2.45) is 5.41 Å². The zero-order chi connectivity index (χ0) is 13.3. The molecule has 0 radical (unpaired) electrons. The molecular weight excluding hydrogens is 230 g/mol. The molecule has 18 heavy (non-hydrogen) atoms. The minimum absolute atomic E-state index is 0.0936. The lowest BCUT2D eigenvalue weighted by Gasteiger charge is -2.20. The molecule has 0 N–H and O–H groups in total. The van der Waals surface area contributed by atoms with Gasteiger partial charge in [0.25, 0.3) is 0 Å². The average Bonchev–Trinajstić information content (AvgIpc) is 2.76. The Bertz CT molecular complexity index is 523. The summed E-state index contributed by atoms with van der Waals surface area (Å²) in [6.07, 6.45) is 0. The molecule has 0 amide bonds. The van der Waals surface area contributed by atoms with Crippen molar-refractivity contribution in [1.29, 1.82) is 5.26 Å². The third kappa shape index (κ3) is 2.17. The van der Waals surface area contributed by atoms with E-state index < -0.39 is 11.3 Å². The second kappa shape index (κ2) is 4.34. The molecule has 1 aromatic rings. The standard InChI is InChI=1S/C14H15NO3/c1-14(2,3)13(16)10(7-15)9-4-5-11-12(6-9)18-8-17-11/h4-6,10H,8H2,1-3H3. The van der Waals surface area contributed by atoms with Crippen LogP contribution in [0.25, 0.3) is 0 Å². The largest absolute Gasteiger partial charge is 0.454 e. The van der Waals surface area contributed by atoms with E-state index in [-0.39, 0.29) is 12.6 Å². The Morgan fingerprint density at radius 1 is 1.33 bits per heavy atom. The molecule has 0 bridgehead atoms. The normalized spacial score (nSPS) is 15.0. The number of hydrogen-bond donors (Lipinski definition) is 0. The molecule has 0 saturated heterocycles. The van der Waals surface area contributed by atoms with Crippen LogP contribution in [0.2, 0.25) is 0 Å². The van der Waals surface area contributed by atoms with Gasteiger partial charge in [-0.15, -0.1) is 0 Å². The van der Waals surface area contributed by atoms with Crippen molar-refractivity contribution in [3.05, 3.63) is 23.8 Å². The number of carbonyl (C=O) groups excluding carboxylic acids is 1. The minimum atomic E-state index is -0.764. The quantitative estimate of drug-likeness (QED) is 0.803. The van der Waals surface area contributed by atoms with Gasteiger partial charge in [0.1, 0.15) is 5.92 Å². The molecule has 2 rings (SSSR count).